The van der Waals surface area contributed by atoms with Gasteiger partial charge in [0.1, 0.15) is 0 Å². The smallest absolute Gasteiger partial charge is 0.251 e. The lowest BCUT2D eigenvalue weighted by molar-refractivity contribution is 0.0949. The second-order valence-electron chi connectivity index (χ2n) is 4.42. The average molecular weight is 220 g/mol. The van der Waals surface area contributed by atoms with Crippen LogP contribution in [0.2, 0.25) is 0 Å². The Bertz CT molecular complexity index is 372. The van der Waals surface area contributed by atoms with Gasteiger partial charge < -0.3 is 11.1 Å². The minimum atomic E-state index is -0.0456. The van der Waals surface area contributed by atoms with E-state index in [1.165, 1.54) is 0 Å². The van der Waals surface area contributed by atoms with Crippen molar-refractivity contribution in [1.29, 1.82) is 0 Å². The van der Waals surface area contributed by atoms with Crippen molar-refractivity contribution in [3.63, 3.8) is 0 Å². The molecule has 3 N–H and O–H groups in total. The van der Waals surface area contributed by atoms with Crippen LogP contribution >= 0.6 is 0 Å². The summed E-state index contributed by atoms with van der Waals surface area (Å²) in [5, 5.41) is 2.88. The topological polar surface area (TPSA) is 55.1 Å². The Labute approximate surface area is 97.0 Å². The highest BCUT2D eigenvalue weighted by Crippen LogP contribution is 2.12. The molecular weight excluding hydrogens is 200 g/mol. The summed E-state index contributed by atoms with van der Waals surface area (Å²) in [4.78, 5) is 11.8. The monoisotopic (exact) mass is 220 g/mol. The zero-order valence-electron chi connectivity index (χ0n) is 10.2. The SMILES string of the molecule is CCc1cc(N)cc(C(=O)NCC(C)C)c1. The van der Waals surface area contributed by atoms with Crippen LogP contribution in [0.5, 0.6) is 0 Å². The number of amides is 1. The molecule has 0 heterocycles. The third-order valence-corrected chi connectivity index (χ3v) is 2.36. The third kappa shape index (κ3) is 3.57. The molecule has 0 spiro atoms. The molecule has 1 amide bonds. The molecule has 0 bridgehead atoms. The molecule has 0 aliphatic rings. The summed E-state index contributed by atoms with van der Waals surface area (Å²) in [5.74, 6) is 0.409. The van der Waals surface area contributed by atoms with E-state index in [1.54, 1.807) is 6.07 Å². The van der Waals surface area contributed by atoms with Crippen molar-refractivity contribution in [2.75, 3.05) is 12.3 Å². The molecule has 88 valence electrons. The number of nitrogens with two attached hydrogens (primary N) is 1. The van der Waals surface area contributed by atoms with E-state index in [-0.39, 0.29) is 5.91 Å². The van der Waals surface area contributed by atoms with Gasteiger partial charge in [-0.2, -0.15) is 0 Å². The summed E-state index contributed by atoms with van der Waals surface area (Å²) < 4.78 is 0. The van der Waals surface area contributed by atoms with E-state index >= 15 is 0 Å². The van der Waals surface area contributed by atoms with Crippen molar-refractivity contribution in [2.24, 2.45) is 5.92 Å². The minimum Gasteiger partial charge on any atom is -0.399 e. The predicted molar refractivity (Wildman–Crippen MR) is 67.4 cm³/mol. The van der Waals surface area contributed by atoms with Gasteiger partial charge in [-0.1, -0.05) is 20.8 Å². The molecule has 0 atom stereocenters. The zero-order valence-corrected chi connectivity index (χ0v) is 10.2. The molecule has 0 aliphatic heterocycles. The maximum atomic E-state index is 11.8. The van der Waals surface area contributed by atoms with Crippen LogP contribution < -0.4 is 11.1 Å². The van der Waals surface area contributed by atoms with Gasteiger partial charge in [-0.15, -0.1) is 0 Å². The van der Waals surface area contributed by atoms with Crippen LogP contribution in [0.25, 0.3) is 0 Å². The molecule has 3 heteroatoms. The Kier molecular flexibility index (Phi) is 4.35. The highest BCUT2D eigenvalue weighted by molar-refractivity contribution is 5.95. The van der Waals surface area contributed by atoms with Crippen LogP contribution in [0.4, 0.5) is 5.69 Å². The second-order valence-corrected chi connectivity index (χ2v) is 4.42. The molecular formula is C13H20N2O. The van der Waals surface area contributed by atoms with Crippen molar-refractivity contribution >= 4 is 11.6 Å². The molecule has 1 aromatic rings. The van der Waals surface area contributed by atoms with E-state index in [4.69, 9.17) is 5.73 Å². The maximum Gasteiger partial charge on any atom is 0.251 e. The largest absolute Gasteiger partial charge is 0.399 e. The Morgan fingerprint density at radius 2 is 2.06 bits per heavy atom. The number of carbonyl (C=O) groups is 1. The summed E-state index contributed by atoms with van der Waals surface area (Å²) in [6.45, 7) is 6.87. The van der Waals surface area contributed by atoms with Crippen molar-refractivity contribution in [1.82, 2.24) is 5.32 Å². The predicted octanol–water partition coefficient (Wildman–Crippen LogP) is 2.22. The van der Waals surface area contributed by atoms with Gasteiger partial charge in [0, 0.05) is 17.8 Å². The van der Waals surface area contributed by atoms with Crippen molar-refractivity contribution in [2.45, 2.75) is 27.2 Å². The lowest BCUT2D eigenvalue weighted by Crippen LogP contribution is -2.27. The van der Waals surface area contributed by atoms with Gasteiger partial charge in [-0.05, 0) is 36.1 Å². The van der Waals surface area contributed by atoms with E-state index in [0.29, 0.717) is 23.7 Å². The van der Waals surface area contributed by atoms with Crippen molar-refractivity contribution < 1.29 is 4.79 Å². The van der Waals surface area contributed by atoms with Crippen LogP contribution in [0.1, 0.15) is 36.7 Å². The summed E-state index contributed by atoms with van der Waals surface area (Å²) in [5.41, 5.74) is 8.14. The highest BCUT2D eigenvalue weighted by atomic mass is 16.1. The fourth-order valence-electron chi connectivity index (χ4n) is 1.45. The molecule has 0 radical (unpaired) electrons. The average Bonchev–Trinajstić information content (AvgIpc) is 2.24. The van der Waals surface area contributed by atoms with Crippen LogP contribution in [0, 0.1) is 5.92 Å². The molecule has 0 fully saturated rings. The van der Waals surface area contributed by atoms with Crippen molar-refractivity contribution in [3.05, 3.63) is 29.3 Å². The van der Waals surface area contributed by atoms with E-state index in [1.807, 2.05) is 19.1 Å². The Morgan fingerprint density at radius 1 is 1.38 bits per heavy atom. The van der Waals surface area contributed by atoms with Gasteiger partial charge >= 0.3 is 0 Å². The normalized spacial score (nSPS) is 10.5. The fourth-order valence-corrected chi connectivity index (χ4v) is 1.45. The molecule has 3 nitrogen and oxygen atoms in total. The third-order valence-electron chi connectivity index (χ3n) is 2.36. The number of hydrogen-bond acceptors (Lipinski definition) is 2. The molecule has 0 saturated heterocycles. The first-order valence-corrected chi connectivity index (χ1v) is 5.70. The van der Waals surface area contributed by atoms with E-state index in [2.05, 4.69) is 19.2 Å². The first kappa shape index (κ1) is 12.6. The van der Waals surface area contributed by atoms with E-state index < -0.39 is 0 Å². The van der Waals surface area contributed by atoms with Gasteiger partial charge in [0.15, 0.2) is 0 Å². The molecule has 16 heavy (non-hydrogen) atoms. The number of benzene rings is 1. The summed E-state index contributed by atoms with van der Waals surface area (Å²) in [6, 6.07) is 5.51. The van der Waals surface area contributed by atoms with E-state index in [9.17, 15) is 4.79 Å². The van der Waals surface area contributed by atoms with Gasteiger partial charge in [0.25, 0.3) is 5.91 Å². The number of nitrogens with one attached hydrogen (secondary N) is 1. The fraction of sp³-hybridized carbons (Fsp3) is 0.462. The Morgan fingerprint density at radius 3 is 2.62 bits per heavy atom. The molecule has 0 aromatic heterocycles. The van der Waals surface area contributed by atoms with Crippen LogP contribution in [0.15, 0.2) is 18.2 Å². The number of hydrogen-bond donors (Lipinski definition) is 2. The van der Waals surface area contributed by atoms with Crippen LogP contribution in [0.3, 0.4) is 0 Å². The number of carbonyl (C=O) groups excluding carboxylic acids is 1. The number of rotatable bonds is 4. The Balaban J connectivity index is 2.78. The first-order valence-electron chi connectivity index (χ1n) is 5.70. The lowest BCUT2D eigenvalue weighted by Gasteiger charge is -2.09. The van der Waals surface area contributed by atoms with E-state index in [0.717, 1.165) is 12.0 Å². The molecule has 0 unspecified atom stereocenters. The maximum absolute atomic E-state index is 11.8. The Hall–Kier alpha value is -1.51. The molecule has 0 aliphatic carbocycles. The molecule has 1 aromatic carbocycles. The van der Waals surface area contributed by atoms with Crippen LogP contribution in [-0.2, 0) is 6.42 Å². The highest BCUT2D eigenvalue weighted by Gasteiger charge is 2.07. The quantitative estimate of drug-likeness (QED) is 0.764. The van der Waals surface area contributed by atoms with Gasteiger partial charge in [-0.25, -0.2) is 0 Å². The zero-order chi connectivity index (χ0) is 12.1. The second kappa shape index (κ2) is 5.54. The summed E-state index contributed by atoms with van der Waals surface area (Å²) in [6.07, 6.45) is 0.884. The number of nitrogen functional groups attached to an aromatic ring is 1. The van der Waals surface area contributed by atoms with Gasteiger partial charge in [0.05, 0.1) is 0 Å². The lowest BCUT2D eigenvalue weighted by atomic mass is 10.1. The standard InChI is InChI=1S/C13H20N2O/c1-4-10-5-11(7-12(14)6-10)13(16)15-8-9(2)3/h5-7,9H,4,8,14H2,1-3H3,(H,15,16). The van der Waals surface area contributed by atoms with Crippen LogP contribution in [-0.4, -0.2) is 12.5 Å². The van der Waals surface area contributed by atoms with Gasteiger partial charge in [0.2, 0.25) is 0 Å². The summed E-state index contributed by atoms with van der Waals surface area (Å²) in [7, 11) is 0. The first-order chi connectivity index (χ1) is 7.52. The summed E-state index contributed by atoms with van der Waals surface area (Å²) >= 11 is 0. The van der Waals surface area contributed by atoms with Crippen molar-refractivity contribution in [3.8, 4) is 0 Å². The molecule has 0 saturated carbocycles. The number of aryl methyl sites for hydroxylation is 1. The molecule has 1 rings (SSSR count). The van der Waals surface area contributed by atoms with Gasteiger partial charge in [-0.3, -0.25) is 4.79 Å². The minimum absolute atomic E-state index is 0.0456. The number of anilines is 1.